The van der Waals surface area contributed by atoms with Crippen molar-refractivity contribution in [3.63, 3.8) is 0 Å². The van der Waals surface area contributed by atoms with Crippen LogP contribution in [0.1, 0.15) is 77.6 Å². The van der Waals surface area contributed by atoms with Gasteiger partial charge < -0.3 is 20.6 Å². The molecule has 25 heavy (non-hydrogen) atoms. The summed E-state index contributed by atoms with van der Waals surface area (Å²) in [6.07, 6.45) is 13.6. The van der Waals surface area contributed by atoms with Gasteiger partial charge in [0.2, 0.25) is 5.91 Å². The molecule has 4 N–H and O–H groups in total. The van der Waals surface area contributed by atoms with Gasteiger partial charge in [-0.15, -0.1) is 0 Å². The molecule has 0 heterocycles. The molecule has 0 atom stereocenters. The monoisotopic (exact) mass is 377 g/mol. The number of hydrogen-bond acceptors (Lipinski definition) is 5. The first-order chi connectivity index (χ1) is 12.1. The quantitative estimate of drug-likeness (QED) is 0.276. The molecule has 0 radical (unpaired) electrons. The Morgan fingerprint density at radius 1 is 0.800 bits per heavy atom. The van der Waals surface area contributed by atoms with E-state index in [1.807, 2.05) is 0 Å². The molecule has 0 aliphatic rings. The fraction of sp³-hybridized carbons (Fsp3) is 0.947. The third kappa shape index (κ3) is 13.5. The van der Waals surface area contributed by atoms with E-state index < -0.39 is 25.4 Å². The van der Waals surface area contributed by atoms with Crippen LogP contribution in [0, 0.1) is 0 Å². The number of aliphatic hydroxyl groups excluding tert-OH is 3. The molecule has 0 aliphatic heterocycles. The van der Waals surface area contributed by atoms with Gasteiger partial charge in [-0.05, 0) is 12.2 Å². The summed E-state index contributed by atoms with van der Waals surface area (Å²) < 4.78 is 0. The van der Waals surface area contributed by atoms with E-state index in [4.69, 9.17) is 15.3 Å². The molecule has 0 spiro atoms. The molecule has 5 nitrogen and oxygen atoms in total. The van der Waals surface area contributed by atoms with Crippen molar-refractivity contribution in [3.05, 3.63) is 0 Å². The molecule has 0 fully saturated rings. The van der Waals surface area contributed by atoms with Crippen LogP contribution >= 0.6 is 11.8 Å². The van der Waals surface area contributed by atoms with Gasteiger partial charge >= 0.3 is 0 Å². The van der Waals surface area contributed by atoms with Crippen LogP contribution in [0.25, 0.3) is 0 Å². The minimum atomic E-state index is -1.31. The van der Waals surface area contributed by atoms with Gasteiger partial charge in [0.05, 0.1) is 19.8 Å². The Hall–Kier alpha value is -0.300. The molecule has 0 unspecified atom stereocenters. The molecule has 0 aromatic carbocycles. The number of hydrogen-bond donors (Lipinski definition) is 4. The van der Waals surface area contributed by atoms with Gasteiger partial charge in [-0.3, -0.25) is 4.79 Å². The highest BCUT2D eigenvalue weighted by molar-refractivity contribution is 7.99. The number of carbonyl (C=O) groups is 1. The van der Waals surface area contributed by atoms with Crippen LogP contribution in [0.3, 0.4) is 0 Å². The topological polar surface area (TPSA) is 89.8 Å². The van der Waals surface area contributed by atoms with Gasteiger partial charge in [0, 0.05) is 12.2 Å². The summed E-state index contributed by atoms with van der Waals surface area (Å²) in [6.45, 7) is 0.823. The predicted octanol–water partition coefficient (Wildman–Crippen LogP) is 2.86. The minimum absolute atomic E-state index is 0.243. The SMILES string of the molecule is CCCCCCCCCCCCSCCC(=O)NC(CO)(CO)CO. The van der Waals surface area contributed by atoms with Crippen molar-refractivity contribution in [2.75, 3.05) is 31.3 Å². The molecule has 1 amide bonds. The maximum Gasteiger partial charge on any atom is 0.221 e. The van der Waals surface area contributed by atoms with Crippen LogP contribution in [-0.4, -0.2) is 58.1 Å². The second kappa shape index (κ2) is 17.1. The summed E-state index contributed by atoms with van der Waals surface area (Å²) in [6, 6.07) is 0. The fourth-order valence-electron chi connectivity index (χ4n) is 2.59. The lowest BCUT2D eigenvalue weighted by atomic mass is 10.0. The number of aliphatic hydroxyl groups is 3. The zero-order valence-electron chi connectivity index (χ0n) is 16.0. The zero-order chi connectivity index (χ0) is 18.8. The number of rotatable bonds is 18. The zero-order valence-corrected chi connectivity index (χ0v) is 16.8. The number of carbonyl (C=O) groups excluding carboxylic acids is 1. The Labute approximate surface area is 158 Å². The molecule has 0 saturated heterocycles. The molecule has 0 aliphatic carbocycles. The normalized spacial score (nSPS) is 11.7. The molecule has 0 saturated carbocycles. The highest BCUT2D eigenvalue weighted by Crippen LogP contribution is 2.13. The first-order valence-corrected chi connectivity index (χ1v) is 11.0. The van der Waals surface area contributed by atoms with Crippen molar-refractivity contribution < 1.29 is 20.1 Å². The van der Waals surface area contributed by atoms with Crippen molar-refractivity contribution >= 4 is 17.7 Å². The first kappa shape index (κ1) is 24.7. The van der Waals surface area contributed by atoms with Crippen LogP contribution in [0.15, 0.2) is 0 Å². The second-order valence-corrected chi connectivity index (χ2v) is 8.07. The van der Waals surface area contributed by atoms with Crippen LogP contribution in [0.2, 0.25) is 0 Å². The fourth-order valence-corrected chi connectivity index (χ4v) is 3.53. The summed E-state index contributed by atoms with van der Waals surface area (Å²) in [5.41, 5.74) is -1.31. The van der Waals surface area contributed by atoms with Gasteiger partial charge in [0.1, 0.15) is 5.54 Å². The molecule has 0 bridgehead atoms. The molecule has 6 heteroatoms. The van der Waals surface area contributed by atoms with E-state index in [1.165, 1.54) is 64.2 Å². The Morgan fingerprint density at radius 2 is 1.28 bits per heavy atom. The van der Waals surface area contributed by atoms with Gasteiger partial charge in [0.15, 0.2) is 0 Å². The van der Waals surface area contributed by atoms with E-state index in [0.717, 1.165) is 11.5 Å². The molecular formula is C19H39NO4S. The Kier molecular flexibility index (Phi) is 16.9. The van der Waals surface area contributed by atoms with Crippen LogP contribution < -0.4 is 5.32 Å². The summed E-state index contributed by atoms with van der Waals surface area (Å²) in [5, 5.41) is 30.0. The summed E-state index contributed by atoms with van der Waals surface area (Å²) >= 11 is 1.76. The number of thioether (sulfide) groups is 1. The van der Waals surface area contributed by atoms with E-state index >= 15 is 0 Å². The second-order valence-electron chi connectivity index (χ2n) is 6.85. The lowest BCUT2D eigenvalue weighted by Gasteiger charge is -2.28. The molecule has 150 valence electrons. The maximum absolute atomic E-state index is 11.8. The summed E-state index contributed by atoms with van der Waals surface area (Å²) in [5.74, 6) is 1.55. The van der Waals surface area contributed by atoms with Gasteiger partial charge in [-0.1, -0.05) is 64.7 Å². The largest absolute Gasteiger partial charge is 0.394 e. The average molecular weight is 378 g/mol. The smallest absolute Gasteiger partial charge is 0.221 e. The number of unbranched alkanes of at least 4 members (excludes halogenated alkanes) is 9. The van der Waals surface area contributed by atoms with Crippen molar-refractivity contribution in [1.82, 2.24) is 5.32 Å². The average Bonchev–Trinajstić information content (AvgIpc) is 2.63. The number of nitrogens with one attached hydrogen (secondary N) is 1. The predicted molar refractivity (Wildman–Crippen MR) is 106 cm³/mol. The molecule has 0 aromatic rings. The molecule has 0 rings (SSSR count). The highest BCUT2D eigenvalue weighted by atomic mass is 32.2. The Morgan fingerprint density at radius 3 is 1.76 bits per heavy atom. The molecule has 0 aromatic heterocycles. The van der Waals surface area contributed by atoms with Crippen molar-refractivity contribution in [2.45, 2.75) is 83.1 Å². The summed E-state index contributed by atoms with van der Waals surface area (Å²) in [7, 11) is 0. The van der Waals surface area contributed by atoms with Gasteiger partial charge in [-0.2, -0.15) is 11.8 Å². The van der Waals surface area contributed by atoms with E-state index in [-0.39, 0.29) is 5.91 Å². The van der Waals surface area contributed by atoms with E-state index in [9.17, 15) is 4.79 Å². The molecular weight excluding hydrogens is 338 g/mol. The van der Waals surface area contributed by atoms with Crippen LogP contribution in [0.4, 0.5) is 0 Å². The maximum atomic E-state index is 11.8. The van der Waals surface area contributed by atoms with Gasteiger partial charge in [-0.25, -0.2) is 0 Å². The van der Waals surface area contributed by atoms with Crippen molar-refractivity contribution in [2.24, 2.45) is 0 Å². The van der Waals surface area contributed by atoms with Crippen molar-refractivity contribution in [1.29, 1.82) is 0 Å². The van der Waals surface area contributed by atoms with E-state index in [0.29, 0.717) is 6.42 Å². The van der Waals surface area contributed by atoms with Gasteiger partial charge in [0.25, 0.3) is 0 Å². The Bertz CT molecular complexity index is 304. The third-order valence-corrected chi connectivity index (χ3v) is 5.50. The van der Waals surface area contributed by atoms with E-state index in [1.54, 1.807) is 11.8 Å². The lowest BCUT2D eigenvalue weighted by Crippen LogP contribution is -2.57. The highest BCUT2D eigenvalue weighted by Gasteiger charge is 2.29. The van der Waals surface area contributed by atoms with E-state index in [2.05, 4.69) is 12.2 Å². The van der Waals surface area contributed by atoms with Crippen LogP contribution in [0.5, 0.6) is 0 Å². The summed E-state index contributed by atoms with van der Waals surface area (Å²) in [4.78, 5) is 11.8. The Balaban J connectivity index is 3.42. The minimum Gasteiger partial charge on any atom is -0.394 e. The first-order valence-electron chi connectivity index (χ1n) is 9.85. The third-order valence-electron chi connectivity index (χ3n) is 4.43. The van der Waals surface area contributed by atoms with Crippen LogP contribution in [-0.2, 0) is 4.79 Å². The number of amides is 1. The van der Waals surface area contributed by atoms with Crippen molar-refractivity contribution in [3.8, 4) is 0 Å². The standard InChI is InChI=1S/C19H39NO4S/c1-2-3-4-5-6-7-8-9-10-11-13-25-14-12-18(24)20-19(15-21,16-22)17-23/h21-23H,2-17H2,1H3,(H,20,24). The lowest BCUT2D eigenvalue weighted by molar-refractivity contribution is -0.124.